The van der Waals surface area contributed by atoms with Gasteiger partial charge in [-0.25, -0.2) is 4.39 Å². The fourth-order valence-electron chi connectivity index (χ4n) is 2.89. The molecule has 1 fully saturated rings. The molecule has 0 radical (unpaired) electrons. The first-order chi connectivity index (χ1) is 8.11. The number of para-hydroxylation sites is 1. The number of anilines is 1. The van der Waals surface area contributed by atoms with Gasteiger partial charge in [0, 0.05) is 18.7 Å². The highest BCUT2D eigenvalue weighted by molar-refractivity contribution is 5.55. The Morgan fingerprint density at radius 3 is 2.53 bits per heavy atom. The number of rotatable bonds is 2. The zero-order valence-electron chi connectivity index (χ0n) is 10.5. The first-order valence-corrected chi connectivity index (χ1v) is 6.25. The minimum atomic E-state index is -0.224. The van der Waals surface area contributed by atoms with Crippen LogP contribution in [-0.4, -0.2) is 18.2 Å². The monoisotopic (exact) mass is 237 g/mol. The van der Waals surface area contributed by atoms with E-state index >= 15 is 0 Å². The van der Waals surface area contributed by atoms with E-state index in [2.05, 4.69) is 18.7 Å². The predicted molar refractivity (Wildman–Crippen MR) is 67.5 cm³/mol. The van der Waals surface area contributed by atoms with Gasteiger partial charge in [-0.1, -0.05) is 26.0 Å². The van der Waals surface area contributed by atoms with Crippen LogP contribution in [-0.2, 0) is 6.61 Å². The largest absolute Gasteiger partial charge is 0.392 e. The SMILES string of the molecule is CC1CC(C)CN(c2c(F)cccc2CO)C1. The Hall–Kier alpha value is -1.09. The van der Waals surface area contributed by atoms with E-state index in [-0.39, 0.29) is 12.4 Å². The van der Waals surface area contributed by atoms with E-state index < -0.39 is 0 Å². The van der Waals surface area contributed by atoms with Crippen LogP contribution in [0.3, 0.4) is 0 Å². The quantitative estimate of drug-likeness (QED) is 0.855. The molecule has 1 N–H and O–H groups in total. The molecule has 2 nitrogen and oxygen atoms in total. The van der Waals surface area contributed by atoms with Crippen LogP contribution < -0.4 is 4.90 Å². The van der Waals surface area contributed by atoms with Crippen molar-refractivity contribution in [3.05, 3.63) is 29.6 Å². The summed E-state index contributed by atoms with van der Waals surface area (Å²) in [6.07, 6.45) is 1.19. The molecule has 1 heterocycles. The first-order valence-electron chi connectivity index (χ1n) is 6.25. The summed E-state index contributed by atoms with van der Waals surface area (Å²) in [5.41, 5.74) is 1.28. The van der Waals surface area contributed by atoms with Gasteiger partial charge < -0.3 is 10.0 Å². The van der Waals surface area contributed by atoms with Crippen molar-refractivity contribution in [3.8, 4) is 0 Å². The molecule has 0 aliphatic carbocycles. The van der Waals surface area contributed by atoms with Gasteiger partial charge in [-0.2, -0.15) is 0 Å². The molecule has 94 valence electrons. The summed E-state index contributed by atoms with van der Waals surface area (Å²) < 4.78 is 13.9. The van der Waals surface area contributed by atoms with E-state index in [1.165, 1.54) is 12.5 Å². The second-order valence-electron chi connectivity index (χ2n) is 5.26. The summed E-state index contributed by atoms with van der Waals surface area (Å²) in [5.74, 6) is 0.924. The molecule has 2 atom stereocenters. The van der Waals surface area contributed by atoms with E-state index in [1.54, 1.807) is 12.1 Å². The number of benzene rings is 1. The van der Waals surface area contributed by atoms with Crippen LogP contribution in [0.5, 0.6) is 0 Å². The molecular weight excluding hydrogens is 217 g/mol. The molecule has 0 amide bonds. The second-order valence-corrected chi connectivity index (χ2v) is 5.26. The molecule has 3 heteroatoms. The smallest absolute Gasteiger partial charge is 0.146 e. The molecule has 0 bridgehead atoms. The molecule has 17 heavy (non-hydrogen) atoms. The van der Waals surface area contributed by atoms with E-state index in [9.17, 15) is 9.50 Å². The third kappa shape index (κ3) is 2.60. The number of aliphatic hydroxyl groups excluding tert-OH is 1. The lowest BCUT2D eigenvalue weighted by Gasteiger charge is -2.37. The number of hydrogen-bond acceptors (Lipinski definition) is 2. The number of hydrogen-bond donors (Lipinski definition) is 1. The summed E-state index contributed by atoms with van der Waals surface area (Å²) in [5, 5.41) is 9.31. The number of halogens is 1. The molecule has 2 unspecified atom stereocenters. The van der Waals surface area contributed by atoms with Gasteiger partial charge in [0.25, 0.3) is 0 Å². The third-order valence-electron chi connectivity index (χ3n) is 3.43. The molecule has 0 spiro atoms. The standard InChI is InChI=1S/C14H20FNO/c1-10-6-11(2)8-16(7-10)14-12(9-17)4-3-5-13(14)15/h3-5,10-11,17H,6-9H2,1-2H3. The Bertz CT molecular complexity index is 384. The summed E-state index contributed by atoms with van der Waals surface area (Å²) >= 11 is 0. The van der Waals surface area contributed by atoms with Gasteiger partial charge in [0.2, 0.25) is 0 Å². The average molecular weight is 237 g/mol. The normalized spacial score (nSPS) is 25.1. The Morgan fingerprint density at radius 2 is 1.94 bits per heavy atom. The van der Waals surface area contributed by atoms with Gasteiger partial charge in [0.15, 0.2) is 0 Å². The van der Waals surface area contributed by atoms with Crippen LogP contribution in [0.1, 0.15) is 25.8 Å². The lowest BCUT2D eigenvalue weighted by molar-refractivity contribution is 0.280. The average Bonchev–Trinajstić information content (AvgIpc) is 2.27. The summed E-state index contributed by atoms with van der Waals surface area (Å²) in [6, 6.07) is 4.92. The van der Waals surface area contributed by atoms with E-state index in [1.807, 2.05) is 0 Å². The molecule has 0 aromatic heterocycles. The van der Waals surface area contributed by atoms with Gasteiger partial charge in [-0.05, 0) is 24.3 Å². The van der Waals surface area contributed by atoms with E-state index in [0.29, 0.717) is 23.1 Å². The highest BCUT2D eigenvalue weighted by atomic mass is 19.1. The Balaban J connectivity index is 2.32. The Morgan fingerprint density at radius 1 is 1.29 bits per heavy atom. The Kier molecular flexibility index (Phi) is 3.67. The molecular formula is C14H20FNO. The van der Waals surface area contributed by atoms with Crippen molar-refractivity contribution in [1.82, 2.24) is 0 Å². The van der Waals surface area contributed by atoms with Crippen LogP contribution >= 0.6 is 0 Å². The van der Waals surface area contributed by atoms with E-state index in [0.717, 1.165) is 13.1 Å². The first kappa shape index (κ1) is 12.4. The van der Waals surface area contributed by atoms with Crippen molar-refractivity contribution >= 4 is 5.69 Å². The molecule has 2 rings (SSSR count). The zero-order valence-corrected chi connectivity index (χ0v) is 10.5. The molecule has 1 aromatic carbocycles. The van der Waals surface area contributed by atoms with Crippen molar-refractivity contribution in [2.24, 2.45) is 11.8 Å². The van der Waals surface area contributed by atoms with Crippen molar-refractivity contribution < 1.29 is 9.50 Å². The van der Waals surface area contributed by atoms with Crippen molar-refractivity contribution in [2.45, 2.75) is 26.9 Å². The maximum atomic E-state index is 13.9. The maximum Gasteiger partial charge on any atom is 0.146 e. The predicted octanol–water partition coefficient (Wildman–Crippen LogP) is 2.80. The third-order valence-corrected chi connectivity index (χ3v) is 3.43. The molecule has 1 aromatic rings. The zero-order chi connectivity index (χ0) is 12.4. The minimum Gasteiger partial charge on any atom is -0.392 e. The lowest BCUT2D eigenvalue weighted by atomic mass is 9.91. The van der Waals surface area contributed by atoms with Gasteiger partial charge in [0.1, 0.15) is 5.82 Å². The number of aliphatic hydroxyl groups is 1. The fraction of sp³-hybridized carbons (Fsp3) is 0.571. The molecule has 1 aliphatic rings. The number of nitrogens with zero attached hydrogens (tertiary/aromatic N) is 1. The van der Waals surface area contributed by atoms with Crippen LogP contribution in [0, 0.1) is 17.7 Å². The maximum absolute atomic E-state index is 13.9. The van der Waals surface area contributed by atoms with Gasteiger partial charge in [0.05, 0.1) is 12.3 Å². The molecule has 0 saturated carbocycles. The van der Waals surface area contributed by atoms with Crippen LogP contribution in [0.15, 0.2) is 18.2 Å². The van der Waals surface area contributed by atoms with Crippen LogP contribution in [0.2, 0.25) is 0 Å². The van der Waals surface area contributed by atoms with Crippen molar-refractivity contribution in [1.29, 1.82) is 0 Å². The number of piperidine rings is 1. The highest BCUT2D eigenvalue weighted by Crippen LogP contribution is 2.30. The van der Waals surface area contributed by atoms with E-state index in [4.69, 9.17) is 0 Å². The minimum absolute atomic E-state index is 0.105. The lowest BCUT2D eigenvalue weighted by Crippen LogP contribution is -2.39. The Labute approximate surface area is 102 Å². The summed E-state index contributed by atoms with van der Waals surface area (Å²) in [7, 11) is 0. The molecule has 1 saturated heterocycles. The molecule has 1 aliphatic heterocycles. The summed E-state index contributed by atoms with van der Waals surface area (Å²) in [4.78, 5) is 2.08. The van der Waals surface area contributed by atoms with Crippen LogP contribution in [0.4, 0.5) is 10.1 Å². The topological polar surface area (TPSA) is 23.5 Å². The fourth-order valence-corrected chi connectivity index (χ4v) is 2.89. The van der Waals surface area contributed by atoms with Gasteiger partial charge in [-0.3, -0.25) is 0 Å². The second kappa shape index (κ2) is 5.05. The van der Waals surface area contributed by atoms with Crippen molar-refractivity contribution in [2.75, 3.05) is 18.0 Å². The highest BCUT2D eigenvalue weighted by Gasteiger charge is 2.25. The van der Waals surface area contributed by atoms with Gasteiger partial charge in [-0.15, -0.1) is 0 Å². The summed E-state index contributed by atoms with van der Waals surface area (Å²) in [6.45, 7) is 6.03. The van der Waals surface area contributed by atoms with Crippen molar-refractivity contribution in [3.63, 3.8) is 0 Å². The van der Waals surface area contributed by atoms with Gasteiger partial charge >= 0.3 is 0 Å². The van der Waals surface area contributed by atoms with Crippen LogP contribution in [0.25, 0.3) is 0 Å².